The van der Waals surface area contributed by atoms with Gasteiger partial charge >= 0.3 is 0 Å². The molecule has 0 unspecified atom stereocenters. The third-order valence-electron chi connectivity index (χ3n) is 5.08. The second kappa shape index (κ2) is 7.80. The Morgan fingerprint density at radius 1 is 1.07 bits per heavy atom. The first-order valence-electron chi connectivity index (χ1n) is 9.45. The summed E-state index contributed by atoms with van der Waals surface area (Å²) in [5.74, 6) is 2.05. The molecule has 7 nitrogen and oxygen atoms in total. The minimum Gasteiger partial charge on any atom is -0.352 e. The summed E-state index contributed by atoms with van der Waals surface area (Å²) >= 11 is 0. The van der Waals surface area contributed by atoms with E-state index >= 15 is 0 Å². The molecule has 28 heavy (non-hydrogen) atoms. The molecular formula is C21H23N5O2. The van der Waals surface area contributed by atoms with Gasteiger partial charge < -0.3 is 14.3 Å². The summed E-state index contributed by atoms with van der Waals surface area (Å²) in [7, 11) is 0. The van der Waals surface area contributed by atoms with Crippen molar-refractivity contribution in [3.05, 3.63) is 59.5 Å². The Hall–Kier alpha value is -3.22. The van der Waals surface area contributed by atoms with Crippen LogP contribution in [0.1, 0.15) is 17.0 Å². The van der Waals surface area contributed by atoms with E-state index in [9.17, 15) is 4.79 Å². The Balaban J connectivity index is 1.44. The van der Waals surface area contributed by atoms with Crippen LogP contribution in [0.15, 0.2) is 47.1 Å². The zero-order valence-corrected chi connectivity index (χ0v) is 16.1. The second-order valence-electron chi connectivity index (χ2n) is 6.99. The molecule has 1 saturated heterocycles. The molecule has 1 fully saturated rings. The Labute approximate surface area is 164 Å². The number of aryl methyl sites for hydroxylation is 2. The Morgan fingerprint density at radius 2 is 1.86 bits per heavy atom. The molecule has 2 aromatic heterocycles. The maximum absolute atomic E-state index is 12.7. The fraction of sp³-hybridized carbons (Fsp3) is 0.333. The average molecular weight is 377 g/mol. The largest absolute Gasteiger partial charge is 0.352 e. The molecule has 1 aliphatic rings. The molecule has 0 bridgehead atoms. The number of hydrogen-bond acceptors (Lipinski definition) is 6. The van der Waals surface area contributed by atoms with E-state index in [0.717, 1.165) is 35.6 Å². The lowest BCUT2D eigenvalue weighted by molar-refractivity contribution is -0.130. The van der Waals surface area contributed by atoms with Crippen LogP contribution in [0, 0.1) is 13.8 Å². The monoisotopic (exact) mass is 377 g/mol. The van der Waals surface area contributed by atoms with E-state index in [1.165, 1.54) is 0 Å². The van der Waals surface area contributed by atoms with Crippen molar-refractivity contribution >= 4 is 11.7 Å². The molecule has 1 aliphatic heterocycles. The van der Waals surface area contributed by atoms with Gasteiger partial charge in [-0.1, -0.05) is 29.4 Å². The number of nitrogens with zero attached hydrogens (tertiary/aromatic N) is 5. The Morgan fingerprint density at radius 3 is 2.57 bits per heavy atom. The van der Waals surface area contributed by atoms with Crippen LogP contribution >= 0.6 is 0 Å². The quantitative estimate of drug-likeness (QED) is 0.696. The van der Waals surface area contributed by atoms with Crippen molar-refractivity contribution in [1.29, 1.82) is 0 Å². The molecule has 0 saturated carbocycles. The van der Waals surface area contributed by atoms with E-state index in [2.05, 4.69) is 20.0 Å². The van der Waals surface area contributed by atoms with E-state index in [-0.39, 0.29) is 5.91 Å². The summed E-state index contributed by atoms with van der Waals surface area (Å²) in [6.07, 6.45) is 2.21. The zero-order valence-electron chi connectivity index (χ0n) is 16.1. The summed E-state index contributed by atoms with van der Waals surface area (Å²) in [4.78, 5) is 25.7. The van der Waals surface area contributed by atoms with Crippen LogP contribution < -0.4 is 4.90 Å². The summed E-state index contributed by atoms with van der Waals surface area (Å²) < 4.78 is 5.33. The van der Waals surface area contributed by atoms with Gasteiger partial charge in [0.1, 0.15) is 5.82 Å². The molecule has 0 atom stereocenters. The maximum Gasteiger partial charge on any atom is 0.261 e. The lowest BCUT2D eigenvalue weighted by atomic mass is 10.1. The van der Waals surface area contributed by atoms with E-state index in [1.54, 1.807) is 13.1 Å². The molecule has 1 aromatic carbocycles. The van der Waals surface area contributed by atoms with Gasteiger partial charge in [-0.05, 0) is 37.1 Å². The molecule has 0 radical (unpaired) electrons. The normalized spacial score (nSPS) is 14.4. The van der Waals surface area contributed by atoms with Crippen molar-refractivity contribution in [1.82, 2.24) is 20.0 Å². The number of benzene rings is 1. The smallest absolute Gasteiger partial charge is 0.261 e. The first-order valence-corrected chi connectivity index (χ1v) is 9.45. The van der Waals surface area contributed by atoms with Crippen LogP contribution in [-0.4, -0.2) is 52.1 Å². The lowest BCUT2D eigenvalue weighted by Crippen LogP contribution is -2.49. The highest BCUT2D eigenvalue weighted by Crippen LogP contribution is 2.28. The molecule has 1 amide bonds. The third-order valence-corrected chi connectivity index (χ3v) is 5.08. The number of rotatable bonds is 4. The zero-order chi connectivity index (χ0) is 19.5. The summed E-state index contributed by atoms with van der Waals surface area (Å²) in [6, 6.07) is 11.8. The van der Waals surface area contributed by atoms with Crippen molar-refractivity contribution in [3.63, 3.8) is 0 Å². The molecule has 0 spiro atoms. The van der Waals surface area contributed by atoms with Crippen molar-refractivity contribution in [2.75, 3.05) is 31.1 Å². The van der Waals surface area contributed by atoms with Gasteiger partial charge in [0, 0.05) is 32.4 Å². The van der Waals surface area contributed by atoms with Gasteiger partial charge in [0.15, 0.2) is 5.82 Å². The number of amides is 1. The number of carbonyl (C=O) groups excluding carboxylic acids is 1. The van der Waals surface area contributed by atoms with Crippen LogP contribution in [-0.2, 0) is 11.2 Å². The molecule has 3 aromatic rings. The number of aromatic nitrogens is 3. The van der Waals surface area contributed by atoms with Gasteiger partial charge in [-0.15, -0.1) is 0 Å². The SMILES string of the molecule is Cc1noc(-c2cccnc2N2CCN(C(=O)Cc3ccccc3C)CC2)n1. The van der Waals surface area contributed by atoms with Crippen LogP contribution in [0.2, 0.25) is 0 Å². The Kier molecular flexibility index (Phi) is 5.06. The highest BCUT2D eigenvalue weighted by Gasteiger charge is 2.25. The summed E-state index contributed by atoms with van der Waals surface area (Å²) in [5, 5.41) is 3.88. The van der Waals surface area contributed by atoms with Crippen LogP contribution in [0.4, 0.5) is 5.82 Å². The van der Waals surface area contributed by atoms with Crippen LogP contribution in [0.25, 0.3) is 11.5 Å². The average Bonchev–Trinajstić information content (AvgIpc) is 3.16. The topological polar surface area (TPSA) is 75.4 Å². The molecule has 3 heterocycles. The highest BCUT2D eigenvalue weighted by atomic mass is 16.5. The molecule has 0 aliphatic carbocycles. The van der Waals surface area contributed by atoms with Gasteiger partial charge in [0.2, 0.25) is 5.91 Å². The van der Waals surface area contributed by atoms with Gasteiger partial charge in [-0.2, -0.15) is 4.98 Å². The van der Waals surface area contributed by atoms with E-state index in [4.69, 9.17) is 4.52 Å². The fourth-order valence-corrected chi connectivity index (χ4v) is 3.47. The van der Waals surface area contributed by atoms with Crippen molar-refractivity contribution in [2.45, 2.75) is 20.3 Å². The highest BCUT2D eigenvalue weighted by molar-refractivity contribution is 5.79. The van der Waals surface area contributed by atoms with Gasteiger partial charge in [0.25, 0.3) is 5.89 Å². The summed E-state index contributed by atoms with van der Waals surface area (Å²) in [6.45, 7) is 6.62. The number of anilines is 1. The van der Waals surface area contributed by atoms with Crippen molar-refractivity contribution in [2.24, 2.45) is 0 Å². The predicted octanol–water partition coefficient (Wildman–Crippen LogP) is 2.64. The first kappa shape index (κ1) is 18.2. The molecule has 144 valence electrons. The number of hydrogen-bond donors (Lipinski definition) is 0. The number of carbonyl (C=O) groups is 1. The standard InChI is InChI=1S/C21H23N5O2/c1-15-6-3-4-7-17(15)14-19(27)25-10-12-26(13-11-25)20-18(8-5-9-22-20)21-23-16(2)24-28-21/h3-9H,10-14H2,1-2H3. The van der Waals surface area contributed by atoms with E-state index < -0.39 is 0 Å². The van der Waals surface area contributed by atoms with Gasteiger partial charge in [-0.25, -0.2) is 4.98 Å². The van der Waals surface area contributed by atoms with E-state index in [0.29, 0.717) is 31.2 Å². The van der Waals surface area contributed by atoms with E-state index in [1.807, 2.05) is 48.2 Å². The fourth-order valence-electron chi connectivity index (χ4n) is 3.47. The second-order valence-corrected chi connectivity index (χ2v) is 6.99. The third kappa shape index (κ3) is 3.74. The van der Waals surface area contributed by atoms with Crippen LogP contribution in [0.5, 0.6) is 0 Å². The van der Waals surface area contributed by atoms with Crippen molar-refractivity contribution in [3.8, 4) is 11.5 Å². The van der Waals surface area contributed by atoms with Crippen LogP contribution in [0.3, 0.4) is 0 Å². The molecule has 4 rings (SSSR count). The Bertz CT molecular complexity index is 976. The minimum absolute atomic E-state index is 0.169. The molecule has 7 heteroatoms. The predicted molar refractivity (Wildman–Crippen MR) is 106 cm³/mol. The maximum atomic E-state index is 12.7. The lowest BCUT2D eigenvalue weighted by Gasteiger charge is -2.36. The number of pyridine rings is 1. The van der Waals surface area contributed by atoms with Crippen molar-refractivity contribution < 1.29 is 9.32 Å². The minimum atomic E-state index is 0.169. The molecule has 0 N–H and O–H groups in total. The first-order chi connectivity index (χ1) is 13.6. The number of piperazine rings is 1. The summed E-state index contributed by atoms with van der Waals surface area (Å²) in [5.41, 5.74) is 3.07. The van der Waals surface area contributed by atoms with Gasteiger partial charge in [0.05, 0.1) is 12.0 Å². The molecular weight excluding hydrogens is 354 g/mol. The van der Waals surface area contributed by atoms with Gasteiger partial charge in [-0.3, -0.25) is 4.79 Å².